The van der Waals surface area contributed by atoms with Crippen LogP contribution in [0.15, 0.2) is 59.8 Å². The standard InChI is InChI=1S/C16H16N4O2S/c21-23(22,16-7-3-5-14-4-1-2-6-15(14)16)20-11-13(12-20)10-19-9-8-17-18-19/h1-9,13H,10-12H2. The monoisotopic (exact) mass is 328 g/mol. The Bertz CT molecular complexity index is 926. The van der Waals surface area contributed by atoms with Gasteiger partial charge in [-0.1, -0.05) is 41.6 Å². The molecule has 0 unspecified atom stereocenters. The lowest BCUT2D eigenvalue weighted by Gasteiger charge is -2.38. The highest BCUT2D eigenvalue weighted by Crippen LogP contribution is 2.30. The Kier molecular flexibility index (Phi) is 3.39. The Morgan fingerprint density at radius 1 is 1.09 bits per heavy atom. The fraction of sp³-hybridized carbons (Fsp3) is 0.250. The first-order chi connectivity index (χ1) is 11.1. The molecule has 0 radical (unpaired) electrons. The van der Waals surface area contributed by atoms with Gasteiger partial charge in [0.15, 0.2) is 0 Å². The summed E-state index contributed by atoms with van der Waals surface area (Å²) < 4.78 is 29.0. The number of hydrogen-bond acceptors (Lipinski definition) is 4. The second kappa shape index (κ2) is 5.43. The van der Waals surface area contributed by atoms with Crippen molar-refractivity contribution in [3.05, 3.63) is 54.9 Å². The summed E-state index contributed by atoms with van der Waals surface area (Å²) in [5.74, 6) is 0.279. The molecule has 0 saturated carbocycles. The van der Waals surface area contributed by atoms with E-state index in [1.165, 1.54) is 4.31 Å². The minimum atomic E-state index is -3.45. The van der Waals surface area contributed by atoms with Crippen molar-refractivity contribution >= 4 is 20.8 Å². The average molecular weight is 328 g/mol. The molecule has 1 aromatic heterocycles. The van der Waals surface area contributed by atoms with E-state index in [1.807, 2.05) is 30.3 Å². The molecule has 23 heavy (non-hydrogen) atoms. The maximum Gasteiger partial charge on any atom is 0.243 e. The Morgan fingerprint density at radius 2 is 1.87 bits per heavy atom. The number of benzene rings is 2. The zero-order valence-electron chi connectivity index (χ0n) is 12.4. The minimum Gasteiger partial charge on any atom is -0.252 e. The van der Waals surface area contributed by atoms with Gasteiger partial charge in [0.2, 0.25) is 10.0 Å². The third kappa shape index (κ3) is 2.51. The number of hydrogen-bond donors (Lipinski definition) is 0. The SMILES string of the molecule is O=S(=O)(c1cccc2ccccc12)N1CC(Cn2ccnn2)C1. The van der Waals surface area contributed by atoms with Crippen LogP contribution in [-0.2, 0) is 16.6 Å². The van der Waals surface area contributed by atoms with Gasteiger partial charge in [-0.15, -0.1) is 5.10 Å². The number of fused-ring (bicyclic) bond motifs is 1. The van der Waals surface area contributed by atoms with Crippen molar-refractivity contribution in [3.63, 3.8) is 0 Å². The van der Waals surface area contributed by atoms with Crippen LogP contribution >= 0.6 is 0 Å². The molecule has 1 fully saturated rings. The molecule has 6 nitrogen and oxygen atoms in total. The first-order valence-electron chi connectivity index (χ1n) is 7.46. The molecule has 1 saturated heterocycles. The molecule has 0 amide bonds. The lowest BCUT2D eigenvalue weighted by Crippen LogP contribution is -2.51. The lowest BCUT2D eigenvalue weighted by molar-refractivity contribution is 0.174. The van der Waals surface area contributed by atoms with Gasteiger partial charge in [-0.05, 0) is 11.5 Å². The lowest BCUT2D eigenvalue weighted by atomic mass is 10.0. The molecule has 0 spiro atoms. The molecule has 0 atom stereocenters. The molecule has 7 heteroatoms. The smallest absolute Gasteiger partial charge is 0.243 e. The van der Waals surface area contributed by atoms with Crippen molar-refractivity contribution in [1.29, 1.82) is 0 Å². The predicted octanol–water partition coefficient (Wildman–Crippen LogP) is 1.75. The van der Waals surface area contributed by atoms with Gasteiger partial charge in [0.25, 0.3) is 0 Å². The van der Waals surface area contributed by atoms with Gasteiger partial charge < -0.3 is 0 Å². The number of nitrogens with zero attached hydrogens (tertiary/aromatic N) is 4. The van der Waals surface area contributed by atoms with Crippen molar-refractivity contribution in [2.45, 2.75) is 11.4 Å². The summed E-state index contributed by atoms with van der Waals surface area (Å²) >= 11 is 0. The van der Waals surface area contributed by atoms with E-state index < -0.39 is 10.0 Å². The molecule has 4 rings (SSSR count). The summed E-state index contributed by atoms with van der Waals surface area (Å²) in [5.41, 5.74) is 0. The fourth-order valence-electron chi connectivity index (χ4n) is 2.99. The minimum absolute atomic E-state index is 0.279. The summed E-state index contributed by atoms with van der Waals surface area (Å²) in [5, 5.41) is 9.40. The Balaban J connectivity index is 1.57. The third-order valence-corrected chi connectivity index (χ3v) is 6.10. The van der Waals surface area contributed by atoms with E-state index in [0.717, 1.165) is 10.8 Å². The topological polar surface area (TPSA) is 68.1 Å². The number of rotatable bonds is 4. The second-order valence-electron chi connectivity index (χ2n) is 5.79. The van der Waals surface area contributed by atoms with Crippen LogP contribution in [-0.4, -0.2) is 40.8 Å². The summed E-state index contributed by atoms with van der Waals surface area (Å²) in [6.07, 6.45) is 3.42. The van der Waals surface area contributed by atoms with E-state index in [4.69, 9.17) is 0 Å². The van der Waals surface area contributed by atoms with E-state index in [9.17, 15) is 8.42 Å². The fourth-order valence-corrected chi connectivity index (χ4v) is 4.80. The van der Waals surface area contributed by atoms with Crippen molar-refractivity contribution in [2.24, 2.45) is 5.92 Å². The van der Waals surface area contributed by atoms with Gasteiger partial charge in [0.1, 0.15) is 0 Å². The van der Waals surface area contributed by atoms with E-state index in [1.54, 1.807) is 29.2 Å². The first kappa shape index (κ1) is 14.3. The van der Waals surface area contributed by atoms with E-state index in [2.05, 4.69) is 10.3 Å². The van der Waals surface area contributed by atoms with E-state index >= 15 is 0 Å². The summed E-state index contributed by atoms with van der Waals surface area (Å²) in [7, 11) is -3.45. The molecule has 1 aliphatic rings. The molecule has 2 aromatic carbocycles. The Morgan fingerprint density at radius 3 is 2.65 bits per heavy atom. The summed E-state index contributed by atoms with van der Waals surface area (Å²) in [6.45, 7) is 1.73. The predicted molar refractivity (Wildman–Crippen MR) is 86.2 cm³/mol. The first-order valence-corrected chi connectivity index (χ1v) is 8.90. The van der Waals surface area contributed by atoms with Crippen LogP contribution in [0.5, 0.6) is 0 Å². The average Bonchev–Trinajstić information content (AvgIpc) is 3.03. The Hall–Kier alpha value is -2.25. The van der Waals surface area contributed by atoms with Crippen LogP contribution in [0.2, 0.25) is 0 Å². The van der Waals surface area contributed by atoms with Gasteiger partial charge in [-0.25, -0.2) is 8.42 Å². The highest BCUT2D eigenvalue weighted by Gasteiger charge is 2.37. The summed E-state index contributed by atoms with van der Waals surface area (Å²) in [6, 6.07) is 13.0. The molecule has 0 bridgehead atoms. The quantitative estimate of drug-likeness (QED) is 0.732. The van der Waals surface area contributed by atoms with Gasteiger partial charge >= 0.3 is 0 Å². The second-order valence-corrected chi connectivity index (χ2v) is 7.70. The third-order valence-electron chi connectivity index (χ3n) is 4.21. The highest BCUT2D eigenvalue weighted by atomic mass is 32.2. The maximum absolute atomic E-state index is 12.9. The van der Waals surface area contributed by atoms with Crippen LogP contribution in [0.3, 0.4) is 0 Å². The molecule has 0 N–H and O–H groups in total. The molecule has 1 aliphatic heterocycles. The van der Waals surface area contributed by atoms with Gasteiger partial charge in [0, 0.05) is 37.1 Å². The highest BCUT2D eigenvalue weighted by molar-refractivity contribution is 7.89. The van der Waals surface area contributed by atoms with E-state index in [0.29, 0.717) is 24.5 Å². The Labute approximate surface area is 134 Å². The van der Waals surface area contributed by atoms with Crippen molar-refractivity contribution in [2.75, 3.05) is 13.1 Å². The molecule has 3 aromatic rings. The number of aromatic nitrogens is 3. The maximum atomic E-state index is 12.9. The van der Waals surface area contributed by atoms with Gasteiger partial charge in [-0.3, -0.25) is 4.68 Å². The largest absolute Gasteiger partial charge is 0.252 e. The zero-order chi connectivity index (χ0) is 15.9. The molecule has 0 aliphatic carbocycles. The molecule has 118 valence electrons. The van der Waals surface area contributed by atoms with Crippen LogP contribution in [0.1, 0.15) is 0 Å². The van der Waals surface area contributed by atoms with Gasteiger partial charge in [0.05, 0.1) is 11.1 Å². The van der Waals surface area contributed by atoms with Crippen molar-refractivity contribution in [3.8, 4) is 0 Å². The normalized spacial score (nSPS) is 16.5. The number of sulfonamides is 1. The van der Waals surface area contributed by atoms with Crippen LogP contribution in [0, 0.1) is 5.92 Å². The van der Waals surface area contributed by atoms with Crippen molar-refractivity contribution < 1.29 is 8.42 Å². The zero-order valence-corrected chi connectivity index (χ0v) is 13.2. The summed E-state index contributed by atoms with van der Waals surface area (Å²) in [4.78, 5) is 0.384. The molecular weight excluding hydrogens is 312 g/mol. The molecular formula is C16H16N4O2S. The van der Waals surface area contributed by atoms with Crippen LogP contribution < -0.4 is 0 Å². The van der Waals surface area contributed by atoms with E-state index in [-0.39, 0.29) is 5.92 Å². The van der Waals surface area contributed by atoms with Crippen LogP contribution in [0.4, 0.5) is 0 Å². The molecule has 2 heterocycles. The van der Waals surface area contributed by atoms with Crippen LogP contribution in [0.25, 0.3) is 10.8 Å². The van der Waals surface area contributed by atoms with Gasteiger partial charge in [-0.2, -0.15) is 4.31 Å². The van der Waals surface area contributed by atoms with Crippen molar-refractivity contribution in [1.82, 2.24) is 19.3 Å².